The molecule has 0 spiro atoms. The molecule has 1 aromatic rings. The fourth-order valence-corrected chi connectivity index (χ4v) is 0.847. The molecular formula is C9H11CaNO3. The van der Waals surface area contributed by atoms with E-state index >= 15 is 0 Å². The fraction of sp³-hybridized carbons (Fsp3) is 0.111. The number of carbonyl (C=O) groups is 2. The number of carboxylic acids is 1. The fourth-order valence-electron chi connectivity index (χ4n) is 0.847. The van der Waals surface area contributed by atoms with E-state index in [0.29, 0.717) is 5.56 Å². The predicted octanol–water partition coefficient (Wildman–Crippen LogP) is -0.415. The van der Waals surface area contributed by atoms with Gasteiger partial charge < -0.3 is 10.4 Å². The quantitative estimate of drug-likeness (QED) is 0.682. The van der Waals surface area contributed by atoms with Crippen LogP contribution in [0.1, 0.15) is 10.4 Å². The van der Waals surface area contributed by atoms with E-state index in [-0.39, 0.29) is 50.2 Å². The molecule has 0 aromatic heterocycles. The Morgan fingerprint density at radius 2 is 1.79 bits per heavy atom. The second-order valence-corrected chi connectivity index (χ2v) is 2.44. The molecule has 72 valence electrons. The van der Waals surface area contributed by atoms with Crippen LogP contribution in [-0.4, -0.2) is 61.3 Å². The first-order valence-corrected chi connectivity index (χ1v) is 3.75. The summed E-state index contributed by atoms with van der Waals surface area (Å²) in [6.07, 6.45) is 0. The number of rotatable bonds is 3. The summed E-state index contributed by atoms with van der Waals surface area (Å²) in [6, 6.07) is 8.47. The SMILES string of the molecule is O=C(O)CNC(=O)c1ccccc1.[CaH2]. The van der Waals surface area contributed by atoms with Gasteiger partial charge in [-0.2, -0.15) is 0 Å². The van der Waals surface area contributed by atoms with Crippen LogP contribution in [0.5, 0.6) is 0 Å². The third kappa shape index (κ3) is 4.60. The summed E-state index contributed by atoms with van der Waals surface area (Å²) < 4.78 is 0. The first kappa shape index (κ1) is 13.4. The van der Waals surface area contributed by atoms with Crippen molar-refractivity contribution in [2.75, 3.05) is 6.54 Å². The molecule has 0 atom stereocenters. The summed E-state index contributed by atoms with van der Waals surface area (Å²) >= 11 is 0. The zero-order valence-electron chi connectivity index (χ0n) is 6.86. The van der Waals surface area contributed by atoms with Crippen LogP contribution in [0.3, 0.4) is 0 Å². The van der Waals surface area contributed by atoms with Gasteiger partial charge in [-0.05, 0) is 12.1 Å². The van der Waals surface area contributed by atoms with Gasteiger partial charge >= 0.3 is 43.7 Å². The molecule has 0 bridgehead atoms. The van der Waals surface area contributed by atoms with E-state index in [1.165, 1.54) is 0 Å². The van der Waals surface area contributed by atoms with E-state index in [1.807, 2.05) is 0 Å². The van der Waals surface area contributed by atoms with Crippen LogP contribution in [0.25, 0.3) is 0 Å². The number of hydrogen-bond donors (Lipinski definition) is 2. The molecule has 1 rings (SSSR count). The van der Waals surface area contributed by atoms with E-state index < -0.39 is 5.97 Å². The standard InChI is InChI=1S/C9H9NO3.Ca.2H/c11-8(12)6-10-9(13)7-4-2-1-3-5-7;;;/h1-5H,6H2,(H,10,13)(H,11,12);;;. The summed E-state index contributed by atoms with van der Waals surface area (Å²) in [5.74, 6) is -1.42. The zero-order chi connectivity index (χ0) is 9.68. The Morgan fingerprint density at radius 1 is 1.21 bits per heavy atom. The van der Waals surface area contributed by atoms with Gasteiger partial charge in [0.1, 0.15) is 6.54 Å². The molecule has 0 fully saturated rings. The molecule has 0 aliphatic heterocycles. The van der Waals surface area contributed by atoms with Gasteiger partial charge in [-0.1, -0.05) is 18.2 Å². The van der Waals surface area contributed by atoms with Crippen LogP contribution in [0, 0.1) is 0 Å². The maximum absolute atomic E-state index is 11.2. The van der Waals surface area contributed by atoms with E-state index in [1.54, 1.807) is 30.3 Å². The Morgan fingerprint density at radius 3 is 2.29 bits per heavy atom. The van der Waals surface area contributed by atoms with Crippen LogP contribution in [0.2, 0.25) is 0 Å². The van der Waals surface area contributed by atoms with Crippen molar-refractivity contribution >= 4 is 49.6 Å². The number of nitrogens with one attached hydrogen (secondary N) is 1. The summed E-state index contributed by atoms with van der Waals surface area (Å²) in [7, 11) is 0. The molecule has 2 N–H and O–H groups in total. The van der Waals surface area contributed by atoms with Gasteiger partial charge in [-0.15, -0.1) is 0 Å². The predicted molar refractivity (Wildman–Crippen MR) is 55.0 cm³/mol. The molecule has 0 aliphatic carbocycles. The number of carbonyl (C=O) groups excluding carboxylic acids is 1. The Labute approximate surface area is 111 Å². The van der Waals surface area contributed by atoms with Crippen LogP contribution < -0.4 is 5.32 Å². The maximum atomic E-state index is 11.2. The van der Waals surface area contributed by atoms with Gasteiger partial charge in [0.15, 0.2) is 0 Å². The van der Waals surface area contributed by atoms with Crippen molar-refractivity contribution in [2.24, 2.45) is 0 Å². The molecule has 5 heteroatoms. The van der Waals surface area contributed by atoms with Gasteiger partial charge in [0.05, 0.1) is 0 Å². The van der Waals surface area contributed by atoms with E-state index in [2.05, 4.69) is 5.32 Å². The second kappa shape index (κ2) is 6.81. The van der Waals surface area contributed by atoms with Crippen molar-refractivity contribution in [3.05, 3.63) is 35.9 Å². The minimum atomic E-state index is -1.05. The molecule has 0 aliphatic rings. The van der Waals surface area contributed by atoms with Crippen LogP contribution in [0.4, 0.5) is 0 Å². The van der Waals surface area contributed by atoms with Crippen LogP contribution in [-0.2, 0) is 4.79 Å². The third-order valence-corrected chi connectivity index (χ3v) is 1.44. The number of amides is 1. The van der Waals surface area contributed by atoms with Crippen molar-refractivity contribution in [2.45, 2.75) is 0 Å². The van der Waals surface area contributed by atoms with Gasteiger partial charge in [0.25, 0.3) is 5.91 Å². The average molecular weight is 221 g/mol. The van der Waals surface area contributed by atoms with Crippen LogP contribution in [0.15, 0.2) is 30.3 Å². The normalized spacial score (nSPS) is 8.57. The number of benzene rings is 1. The molecule has 0 saturated carbocycles. The molecule has 4 nitrogen and oxygen atoms in total. The van der Waals surface area contributed by atoms with Gasteiger partial charge in [-0.3, -0.25) is 9.59 Å². The van der Waals surface area contributed by atoms with Crippen LogP contribution >= 0.6 is 0 Å². The molecule has 0 saturated heterocycles. The Bertz CT molecular complexity index is 313. The topological polar surface area (TPSA) is 66.4 Å². The second-order valence-electron chi connectivity index (χ2n) is 2.44. The van der Waals surface area contributed by atoms with E-state index in [4.69, 9.17) is 5.11 Å². The van der Waals surface area contributed by atoms with Crippen molar-refractivity contribution < 1.29 is 14.7 Å². The summed E-state index contributed by atoms with van der Waals surface area (Å²) in [6.45, 7) is -0.353. The Kier molecular flexibility index (Phi) is 6.53. The molecular weight excluding hydrogens is 210 g/mol. The summed E-state index contributed by atoms with van der Waals surface area (Å²) in [5.41, 5.74) is 0.462. The molecule has 0 radical (unpaired) electrons. The van der Waals surface area contributed by atoms with Gasteiger partial charge in [0, 0.05) is 5.56 Å². The van der Waals surface area contributed by atoms with E-state index in [0.717, 1.165) is 0 Å². The van der Waals surface area contributed by atoms with Crippen molar-refractivity contribution in [1.82, 2.24) is 5.32 Å². The third-order valence-electron chi connectivity index (χ3n) is 1.44. The van der Waals surface area contributed by atoms with Crippen molar-refractivity contribution in [3.63, 3.8) is 0 Å². The summed E-state index contributed by atoms with van der Waals surface area (Å²) in [5, 5.41) is 10.6. The monoisotopic (exact) mass is 221 g/mol. The number of carboxylic acid groups (broad SMARTS) is 1. The average Bonchev–Trinajstić information content (AvgIpc) is 2.15. The number of aliphatic carboxylic acids is 1. The molecule has 1 aromatic carbocycles. The van der Waals surface area contributed by atoms with Crippen molar-refractivity contribution in [3.8, 4) is 0 Å². The first-order valence-electron chi connectivity index (χ1n) is 3.75. The van der Waals surface area contributed by atoms with Gasteiger partial charge in [-0.25, -0.2) is 0 Å². The Balaban J connectivity index is 0.00000169. The molecule has 1 amide bonds. The molecule has 0 unspecified atom stereocenters. The first-order chi connectivity index (χ1) is 6.20. The molecule has 14 heavy (non-hydrogen) atoms. The Hall–Kier alpha value is -0.580. The minimum absolute atomic E-state index is 0. The zero-order valence-corrected chi connectivity index (χ0v) is 6.86. The van der Waals surface area contributed by atoms with Crippen molar-refractivity contribution in [1.29, 1.82) is 0 Å². The summed E-state index contributed by atoms with van der Waals surface area (Å²) in [4.78, 5) is 21.3. The molecule has 0 heterocycles. The number of hydrogen-bond acceptors (Lipinski definition) is 2. The van der Waals surface area contributed by atoms with Gasteiger partial charge in [0.2, 0.25) is 0 Å². The van der Waals surface area contributed by atoms with E-state index in [9.17, 15) is 9.59 Å².